The van der Waals surface area contributed by atoms with Gasteiger partial charge < -0.3 is 0 Å². The molecular formula is C8H9N5S. The van der Waals surface area contributed by atoms with E-state index in [0.717, 1.165) is 11.4 Å². The molecule has 5 nitrogen and oxygen atoms in total. The quantitative estimate of drug-likeness (QED) is 0.811. The molecule has 0 aliphatic rings. The predicted octanol–water partition coefficient (Wildman–Crippen LogP) is 1.69. The summed E-state index contributed by atoms with van der Waals surface area (Å²) in [4.78, 5) is 8.45. The molecule has 72 valence electrons. The lowest BCUT2D eigenvalue weighted by Crippen LogP contribution is -1.99. The molecule has 0 unspecified atom stereocenters. The van der Waals surface area contributed by atoms with Gasteiger partial charge in [-0.1, -0.05) is 11.3 Å². The lowest BCUT2D eigenvalue weighted by atomic mass is 10.4. The van der Waals surface area contributed by atoms with Gasteiger partial charge in [-0.3, -0.25) is 5.32 Å². The third-order valence-corrected chi connectivity index (χ3v) is 2.17. The largest absolute Gasteiger partial charge is 0.299 e. The standard InChI is InChI=1S/C8H9N5S/c1-5-3-6(2)11-7(10-5)12-8-13-9-4-14-8/h3-4H,1-2H3,(H,10,11,12,13). The van der Waals surface area contributed by atoms with Gasteiger partial charge in [0, 0.05) is 11.4 Å². The molecule has 0 saturated carbocycles. The van der Waals surface area contributed by atoms with Gasteiger partial charge in [0.05, 0.1) is 0 Å². The molecule has 2 heterocycles. The Balaban J connectivity index is 2.25. The molecule has 1 N–H and O–H groups in total. The van der Waals surface area contributed by atoms with Gasteiger partial charge in [-0.25, -0.2) is 9.97 Å². The third kappa shape index (κ3) is 2.02. The molecular weight excluding hydrogens is 198 g/mol. The lowest BCUT2D eigenvalue weighted by Gasteiger charge is -2.02. The second-order valence-electron chi connectivity index (χ2n) is 2.84. The first-order valence-electron chi connectivity index (χ1n) is 4.09. The van der Waals surface area contributed by atoms with Crippen molar-refractivity contribution in [3.8, 4) is 0 Å². The summed E-state index contributed by atoms with van der Waals surface area (Å²) in [7, 11) is 0. The summed E-state index contributed by atoms with van der Waals surface area (Å²) in [5, 5.41) is 11.3. The average Bonchev–Trinajstić information content (AvgIpc) is 2.54. The van der Waals surface area contributed by atoms with Crippen LogP contribution in [0.3, 0.4) is 0 Å². The summed E-state index contributed by atoms with van der Waals surface area (Å²) in [6, 6.07) is 1.92. The van der Waals surface area contributed by atoms with E-state index in [4.69, 9.17) is 0 Å². The number of rotatable bonds is 2. The van der Waals surface area contributed by atoms with Crippen molar-refractivity contribution in [3.05, 3.63) is 23.0 Å². The molecule has 0 bridgehead atoms. The van der Waals surface area contributed by atoms with E-state index in [1.807, 2.05) is 19.9 Å². The zero-order chi connectivity index (χ0) is 9.97. The van der Waals surface area contributed by atoms with Crippen molar-refractivity contribution in [1.29, 1.82) is 0 Å². The SMILES string of the molecule is Cc1cc(C)nc(Nc2nncs2)n1. The fourth-order valence-corrected chi connectivity index (χ4v) is 1.54. The van der Waals surface area contributed by atoms with Crippen molar-refractivity contribution in [2.24, 2.45) is 0 Å². The summed E-state index contributed by atoms with van der Waals surface area (Å²) < 4.78 is 0. The number of hydrogen-bond donors (Lipinski definition) is 1. The summed E-state index contributed by atoms with van der Waals surface area (Å²) in [6.07, 6.45) is 0. The maximum absolute atomic E-state index is 4.23. The number of aryl methyl sites for hydroxylation is 2. The Labute approximate surface area is 85.3 Å². The topological polar surface area (TPSA) is 63.6 Å². The maximum atomic E-state index is 4.23. The van der Waals surface area contributed by atoms with Gasteiger partial charge in [-0.2, -0.15) is 0 Å². The fourth-order valence-electron chi connectivity index (χ4n) is 1.11. The highest BCUT2D eigenvalue weighted by molar-refractivity contribution is 7.13. The second kappa shape index (κ2) is 3.67. The van der Waals surface area contributed by atoms with Crippen LogP contribution in [-0.2, 0) is 0 Å². The van der Waals surface area contributed by atoms with Gasteiger partial charge in [0.1, 0.15) is 5.51 Å². The van der Waals surface area contributed by atoms with Crippen LogP contribution in [0, 0.1) is 13.8 Å². The van der Waals surface area contributed by atoms with Crippen molar-refractivity contribution in [3.63, 3.8) is 0 Å². The first-order chi connectivity index (χ1) is 6.74. The normalized spacial score (nSPS) is 10.1. The van der Waals surface area contributed by atoms with Crippen LogP contribution in [0.15, 0.2) is 11.6 Å². The molecule has 2 aromatic rings. The van der Waals surface area contributed by atoms with Gasteiger partial charge in [0.25, 0.3) is 0 Å². The van der Waals surface area contributed by atoms with E-state index in [1.165, 1.54) is 11.3 Å². The third-order valence-electron chi connectivity index (χ3n) is 1.56. The van der Waals surface area contributed by atoms with E-state index in [0.29, 0.717) is 11.1 Å². The number of aromatic nitrogens is 4. The van der Waals surface area contributed by atoms with Gasteiger partial charge in [-0.15, -0.1) is 10.2 Å². The molecule has 0 aliphatic heterocycles. The Morgan fingerprint density at radius 2 is 1.93 bits per heavy atom. The van der Waals surface area contributed by atoms with Gasteiger partial charge in [0.15, 0.2) is 0 Å². The highest BCUT2D eigenvalue weighted by Gasteiger charge is 2.01. The Bertz CT molecular complexity index is 405. The first kappa shape index (κ1) is 9.01. The Kier molecular flexibility index (Phi) is 2.36. The van der Waals surface area contributed by atoms with Crippen LogP contribution in [0.4, 0.5) is 11.1 Å². The Hall–Kier alpha value is -1.56. The molecule has 14 heavy (non-hydrogen) atoms. The molecule has 0 fully saturated rings. The zero-order valence-electron chi connectivity index (χ0n) is 7.85. The first-order valence-corrected chi connectivity index (χ1v) is 4.97. The number of nitrogens with zero attached hydrogens (tertiary/aromatic N) is 4. The zero-order valence-corrected chi connectivity index (χ0v) is 8.67. The van der Waals surface area contributed by atoms with Crippen LogP contribution in [0.2, 0.25) is 0 Å². The molecule has 6 heteroatoms. The van der Waals surface area contributed by atoms with E-state index < -0.39 is 0 Å². The van der Waals surface area contributed by atoms with Crippen molar-refractivity contribution >= 4 is 22.4 Å². The van der Waals surface area contributed by atoms with Crippen LogP contribution >= 0.6 is 11.3 Å². The summed E-state index contributed by atoms with van der Waals surface area (Å²) >= 11 is 1.42. The van der Waals surface area contributed by atoms with E-state index in [9.17, 15) is 0 Å². The van der Waals surface area contributed by atoms with Crippen LogP contribution < -0.4 is 5.32 Å². The smallest absolute Gasteiger partial charge is 0.229 e. The minimum atomic E-state index is 0.569. The molecule has 0 saturated heterocycles. The van der Waals surface area contributed by atoms with Crippen LogP contribution in [0.1, 0.15) is 11.4 Å². The van der Waals surface area contributed by atoms with Crippen LogP contribution in [0.25, 0.3) is 0 Å². The monoisotopic (exact) mass is 207 g/mol. The Morgan fingerprint density at radius 1 is 1.21 bits per heavy atom. The van der Waals surface area contributed by atoms with E-state index >= 15 is 0 Å². The van der Waals surface area contributed by atoms with E-state index in [1.54, 1.807) is 5.51 Å². The van der Waals surface area contributed by atoms with E-state index in [-0.39, 0.29) is 0 Å². The van der Waals surface area contributed by atoms with Crippen molar-refractivity contribution in [2.75, 3.05) is 5.32 Å². The molecule has 0 aliphatic carbocycles. The molecule has 0 spiro atoms. The predicted molar refractivity (Wildman–Crippen MR) is 54.7 cm³/mol. The highest BCUT2D eigenvalue weighted by atomic mass is 32.1. The number of hydrogen-bond acceptors (Lipinski definition) is 6. The molecule has 2 rings (SSSR count). The fraction of sp³-hybridized carbons (Fsp3) is 0.250. The summed E-state index contributed by atoms with van der Waals surface area (Å²) in [5.41, 5.74) is 3.53. The average molecular weight is 207 g/mol. The van der Waals surface area contributed by atoms with Crippen molar-refractivity contribution < 1.29 is 0 Å². The molecule has 0 radical (unpaired) electrons. The minimum absolute atomic E-state index is 0.569. The highest BCUT2D eigenvalue weighted by Crippen LogP contribution is 2.14. The van der Waals surface area contributed by atoms with Crippen molar-refractivity contribution in [1.82, 2.24) is 20.2 Å². The number of anilines is 2. The van der Waals surface area contributed by atoms with Gasteiger partial charge in [-0.05, 0) is 19.9 Å². The second-order valence-corrected chi connectivity index (χ2v) is 3.68. The summed E-state index contributed by atoms with van der Waals surface area (Å²) in [5.74, 6) is 0.569. The minimum Gasteiger partial charge on any atom is -0.299 e. The van der Waals surface area contributed by atoms with Gasteiger partial charge >= 0.3 is 0 Å². The maximum Gasteiger partial charge on any atom is 0.229 e. The Morgan fingerprint density at radius 3 is 2.50 bits per heavy atom. The number of nitrogens with one attached hydrogen (secondary N) is 1. The van der Waals surface area contributed by atoms with Gasteiger partial charge in [0.2, 0.25) is 11.1 Å². The lowest BCUT2D eigenvalue weighted by molar-refractivity contribution is 1.04. The molecule has 0 amide bonds. The van der Waals surface area contributed by atoms with E-state index in [2.05, 4.69) is 25.5 Å². The van der Waals surface area contributed by atoms with Crippen molar-refractivity contribution in [2.45, 2.75) is 13.8 Å². The molecule has 0 aromatic carbocycles. The van der Waals surface area contributed by atoms with Crippen LogP contribution in [-0.4, -0.2) is 20.2 Å². The van der Waals surface area contributed by atoms with Crippen LogP contribution in [0.5, 0.6) is 0 Å². The molecule has 0 atom stereocenters. The molecule has 2 aromatic heterocycles. The summed E-state index contributed by atoms with van der Waals surface area (Å²) in [6.45, 7) is 3.86.